The Hall–Kier alpha value is -1.60. The van der Waals surface area contributed by atoms with E-state index in [2.05, 4.69) is 22.5 Å². The van der Waals surface area contributed by atoms with Crippen LogP contribution in [0.15, 0.2) is 41.5 Å². The first kappa shape index (κ1) is 15.3. The molecule has 22 heavy (non-hydrogen) atoms. The zero-order chi connectivity index (χ0) is 16.1. The van der Waals surface area contributed by atoms with E-state index in [1.807, 2.05) is 0 Å². The van der Waals surface area contributed by atoms with Gasteiger partial charge in [-0.2, -0.15) is 0 Å². The van der Waals surface area contributed by atoms with E-state index in [9.17, 15) is 18.3 Å². The van der Waals surface area contributed by atoms with Gasteiger partial charge in [-0.1, -0.05) is 22.0 Å². The summed E-state index contributed by atoms with van der Waals surface area (Å²) in [6.07, 6.45) is 4.65. The number of aromatic nitrogens is 1. The summed E-state index contributed by atoms with van der Waals surface area (Å²) in [5.74, 6) is -1.09. The molecule has 1 aromatic heterocycles. The standard InChI is InChI=1S/C15H14BrNO4S/c1-2-4-15(5-6-15)22(20,21)17-7-3-11-12(14(18)19)8-10(16)9-13(11)17/h2-3,7-9H,1,4-6H2,(H,18,19). The third kappa shape index (κ3) is 2.11. The van der Waals surface area contributed by atoms with Crippen molar-refractivity contribution in [1.29, 1.82) is 0 Å². The normalized spacial score (nSPS) is 16.6. The summed E-state index contributed by atoms with van der Waals surface area (Å²) in [6.45, 7) is 3.64. The van der Waals surface area contributed by atoms with Gasteiger partial charge in [0.05, 0.1) is 15.8 Å². The average molecular weight is 384 g/mol. The third-order valence-corrected chi connectivity index (χ3v) is 7.06. The molecule has 1 aliphatic carbocycles. The lowest BCUT2D eigenvalue weighted by Crippen LogP contribution is -2.28. The molecule has 0 amide bonds. The maximum atomic E-state index is 12.9. The molecule has 7 heteroatoms. The van der Waals surface area contributed by atoms with E-state index in [0.29, 0.717) is 34.6 Å². The van der Waals surface area contributed by atoms with Crippen molar-refractivity contribution in [2.75, 3.05) is 0 Å². The molecule has 0 saturated heterocycles. The fourth-order valence-corrected chi connectivity index (χ4v) is 5.19. The number of hydrogen-bond donors (Lipinski definition) is 1. The molecule has 2 aromatic rings. The Morgan fingerprint density at radius 1 is 1.45 bits per heavy atom. The Labute approximate surface area is 136 Å². The lowest BCUT2D eigenvalue weighted by Gasteiger charge is -2.16. The number of carbonyl (C=O) groups is 1. The van der Waals surface area contributed by atoms with Gasteiger partial charge >= 0.3 is 5.97 Å². The summed E-state index contributed by atoms with van der Waals surface area (Å²) in [5.41, 5.74) is 0.453. The molecule has 116 valence electrons. The number of benzene rings is 1. The van der Waals surface area contributed by atoms with E-state index >= 15 is 0 Å². The van der Waals surface area contributed by atoms with Crippen molar-refractivity contribution in [3.8, 4) is 0 Å². The highest BCUT2D eigenvalue weighted by Crippen LogP contribution is 2.48. The maximum Gasteiger partial charge on any atom is 0.336 e. The Morgan fingerprint density at radius 3 is 2.68 bits per heavy atom. The van der Waals surface area contributed by atoms with Crippen LogP contribution in [-0.4, -0.2) is 28.2 Å². The minimum absolute atomic E-state index is 0.0758. The Balaban J connectivity index is 2.25. The van der Waals surface area contributed by atoms with Crippen molar-refractivity contribution in [3.63, 3.8) is 0 Å². The monoisotopic (exact) mass is 383 g/mol. The molecule has 1 N–H and O–H groups in total. The quantitative estimate of drug-likeness (QED) is 0.802. The van der Waals surface area contributed by atoms with Crippen molar-refractivity contribution >= 4 is 42.8 Å². The molecule has 0 unspecified atom stereocenters. The maximum absolute atomic E-state index is 12.9. The van der Waals surface area contributed by atoms with E-state index in [1.165, 1.54) is 22.3 Å². The molecule has 5 nitrogen and oxygen atoms in total. The number of fused-ring (bicyclic) bond motifs is 1. The van der Waals surface area contributed by atoms with Crippen LogP contribution in [0.1, 0.15) is 29.6 Å². The summed E-state index contributed by atoms with van der Waals surface area (Å²) < 4.78 is 26.8. The van der Waals surface area contributed by atoms with Gasteiger partial charge in [0, 0.05) is 16.1 Å². The van der Waals surface area contributed by atoms with Crippen LogP contribution in [-0.2, 0) is 10.0 Å². The van der Waals surface area contributed by atoms with Crippen LogP contribution < -0.4 is 0 Å². The van der Waals surface area contributed by atoms with Crippen molar-refractivity contribution in [2.45, 2.75) is 24.0 Å². The van der Waals surface area contributed by atoms with Gasteiger partial charge in [0.2, 0.25) is 10.0 Å². The number of halogens is 1. The zero-order valence-electron chi connectivity index (χ0n) is 11.6. The molecule has 0 spiro atoms. The first-order valence-electron chi connectivity index (χ1n) is 6.72. The molecular weight excluding hydrogens is 370 g/mol. The Morgan fingerprint density at radius 2 is 2.14 bits per heavy atom. The molecular formula is C15H14BrNO4S. The molecule has 1 aliphatic rings. The van der Waals surface area contributed by atoms with Crippen molar-refractivity contribution in [1.82, 2.24) is 3.97 Å². The van der Waals surface area contributed by atoms with Crippen LogP contribution in [0.5, 0.6) is 0 Å². The highest BCUT2D eigenvalue weighted by atomic mass is 79.9. The second kappa shape index (κ2) is 4.96. The SMILES string of the molecule is C=CCC1(S(=O)(=O)n2ccc3c(C(=O)O)cc(Br)cc32)CC1. The molecule has 1 fully saturated rings. The lowest BCUT2D eigenvalue weighted by molar-refractivity contribution is 0.0699. The largest absolute Gasteiger partial charge is 0.478 e. The van der Waals surface area contributed by atoms with Gasteiger partial charge in [0.15, 0.2) is 0 Å². The third-order valence-electron chi connectivity index (χ3n) is 4.10. The second-order valence-corrected chi connectivity index (χ2v) is 8.61. The van der Waals surface area contributed by atoms with E-state index in [1.54, 1.807) is 12.1 Å². The van der Waals surface area contributed by atoms with E-state index < -0.39 is 20.7 Å². The second-order valence-electron chi connectivity index (χ2n) is 5.48. The van der Waals surface area contributed by atoms with Gasteiger partial charge in [-0.25, -0.2) is 17.2 Å². The minimum Gasteiger partial charge on any atom is -0.478 e. The van der Waals surface area contributed by atoms with Crippen molar-refractivity contribution in [2.24, 2.45) is 0 Å². The molecule has 1 heterocycles. The molecule has 0 bridgehead atoms. The van der Waals surface area contributed by atoms with Crippen LogP contribution in [0.4, 0.5) is 0 Å². The molecule has 0 radical (unpaired) electrons. The smallest absolute Gasteiger partial charge is 0.336 e. The predicted molar refractivity (Wildman–Crippen MR) is 87.7 cm³/mol. The highest BCUT2D eigenvalue weighted by Gasteiger charge is 2.54. The van der Waals surface area contributed by atoms with Gasteiger partial charge in [-0.3, -0.25) is 0 Å². The predicted octanol–water partition coefficient (Wildman–Crippen LogP) is 3.39. The van der Waals surface area contributed by atoms with Crippen molar-refractivity contribution < 1.29 is 18.3 Å². The van der Waals surface area contributed by atoms with Crippen LogP contribution in [0.2, 0.25) is 0 Å². The molecule has 3 rings (SSSR count). The topological polar surface area (TPSA) is 76.4 Å². The highest BCUT2D eigenvalue weighted by molar-refractivity contribution is 9.10. The van der Waals surface area contributed by atoms with Crippen molar-refractivity contribution in [3.05, 3.63) is 47.1 Å². The van der Waals surface area contributed by atoms with Crippen LogP contribution in [0.3, 0.4) is 0 Å². The number of allylic oxidation sites excluding steroid dienone is 1. The summed E-state index contributed by atoms with van der Waals surface area (Å²) in [4.78, 5) is 11.3. The molecule has 1 saturated carbocycles. The van der Waals surface area contributed by atoms with E-state index in [4.69, 9.17) is 0 Å². The first-order valence-corrected chi connectivity index (χ1v) is 8.96. The summed E-state index contributed by atoms with van der Waals surface area (Å²) >= 11 is 3.25. The van der Waals surface area contributed by atoms with Crippen LogP contribution in [0.25, 0.3) is 10.9 Å². The Bertz CT molecular complexity index is 894. The zero-order valence-corrected chi connectivity index (χ0v) is 14.0. The summed E-state index contributed by atoms with van der Waals surface area (Å²) in [5, 5.41) is 9.69. The number of carboxylic acids is 1. The summed E-state index contributed by atoms with van der Waals surface area (Å²) in [6, 6.07) is 4.63. The lowest BCUT2D eigenvalue weighted by atomic mass is 10.1. The fraction of sp³-hybridized carbons (Fsp3) is 0.267. The molecule has 1 aromatic carbocycles. The number of aromatic carboxylic acids is 1. The van der Waals surface area contributed by atoms with Crippen LogP contribution >= 0.6 is 15.9 Å². The molecule has 0 atom stereocenters. The van der Waals surface area contributed by atoms with Gasteiger partial charge in [-0.05, 0) is 37.5 Å². The average Bonchev–Trinajstić information content (AvgIpc) is 3.11. The van der Waals surface area contributed by atoms with Gasteiger partial charge < -0.3 is 5.11 Å². The fourth-order valence-electron chi connectivity index (χ4n) is 2.75. The van der Waals surface area contributed by atoms with Gasteiger partial charge in [0.1, 0.15) is 0 Å². The van der Waals surface area contributed by atoms with Crippen LogP contribution in [0, 0.1) is 0 Å². The number of carboxylic acid groups (broad SMARTS) is 1. The minimum atomic E-state index is -3.60. The molecule has 0 aliphatic heterocycles. The van der Waals surface area contributed by atoms with E-state index in [-0.39, 0.29) is 5.56 Å². The first-order chi connectivity index (χ1) is 10.3. The Kier molecular flexibility index (Phi) is 3.45. The van der Waals surface area contributed by atoms with Gasteiger partial charge in [0.25, 0.3) is 0 Å². The number of rotatable bonds is 5. The number of nitrogens with zero attached hydrogens (tertiary/aromatic N) is 1. The van der Waals surface area contributed by atoms with E-state index in [0.717, 1.165) is 0 Å². The van der Waals surface area contributed by atoms with Gasteiger partial charge in [-0.15, -0.1) is 6.58 Å². The number of hydrogen-bond acceptors (Lipinski definition) is 3. The summed E-state index contributed by atoms with van der Waals surface area (Å²) in [7, 11) is -3.60.